The summed E-state index contributed by atoms with van der Waals surface area (Å²) in [4.78, 5) is 17.5. The van der Waals surface area contributed by atoms with Crippen molar-refractivity contribution in [2.24, 2.45) is 5.92 Å². The van der Waals surface area contributed by atoms with Gasteiger partial charge in [0.1, 0.15) is 5.69 Å². The monoisotopic (exact) mass is 278 g/mol. The van der Waals surface area contributed by atoms with E-state index in [0.717, 1.165) is 32.4 Å². The van der Waals surface area contributed by atoms with Crippen LogP contribution in [0.3, 0.4) is 0 Å². The average molecular weight is 278 g/mol. The van der Waals surface area contributed by atoms with Crippen LogP contribution in [0.2, 0.25) is 0 Å². The Morgan fingerprint density at radius 3 is 2.65 bits per heavy atom. The van der Waals surface area contributed by atoms with Gasteiger partial charge in [-0.05, 0) is 43.7 Å². The molecule has 1 N–H and O–H groups in total. The minimum absolute atomic E-state index is 0.0741. The van der Waals surface area contributed by atoms with Crippen LogP contribution in [-0.2, 0) is 11.2 Å². The molecule has 1 aromatic rings. The summed E-state index contributed by atoms with van der Waals surface area (Å²) in [6.45, 7) is 8.02. The SMILES string of the molecule is COC1(C)CCN(C(=O)c2cc(CC(C)C)c[nH]2)CC1. The fraction of sp³-hybridized carbons (Fsp3) is 0.688. The van der Waals surface area contributed by atoms with Crippen LogP contribution in [0.15, 0.2) is 12.3 Å². The van der Waals surface area contributed by atoms with Gasteiger partial charge in [-0.1, -0.05) is 13.8 Å². The Kier molecular flexibility index (Phi) is 4.53. The Hall–Kier alpha value is -1.29. The third kappa shape index (κ3) is 3.42. The first-order valence-electron chi connectivity index (χ1n) is 7.45. The van der Waals surface area contributed by atoms with Crippen molar-refractivity contribution in [2.75, 3.05) is 20.2 Å². The summed E-state index contributed by atoms with van der Waals surface area (Å²) in [6, 6.07) is 1.99. The van der Waals surface area contributed by atoms with Crippen LogP contribution in [0.5, 0.6) is 0 Å². The summed E-state index contributed by atoms with van der Waals surface area (Å²) in [5.74, 6) is 0.712. The van der Waals surface area contributed by atoms with Crippen molar-refractivity contribution >= 4 is 5.91 Å². The Labute approximate surface area is 121 Å². The van der Waals surface area contributed by atoms with Gasteiger partial charge in [-0.15, -0.1) is 0 Å². The molecular weight excluding hydrogens is 252 g/mol. The zero-order valence-electron chi connectivity index (χ0n) is 13.0. The summed E-state index contributed by atoms with van der Waals surface area (Å²) in [7, 11) is 1.75. The van der Waals surface area contributed by atoms with E-state index in [0.29, 0.717) is 11.6 Å². The maximum absolute atomic E-state index is 12.5. The quantitative estimate of drug-likeness (QED) is 0.920. The molecule has 20 heavy (non-hydrogen) atoms. The van der Waals surface area contributed by atoms with Gasteiger partial charge in [0.05, 0.1) is 5.60 Å². The number of carbonyl (C=O) groups is 1. The van der Waals surface area contributed by atoms with Crippen LogP contribution in [-0.4, -0.2) is 41.6 Å². The molecule has 0 atom stereocenters. The topological polar surface area (TPSA) is 45.3 Å². The predicted molar refractivity (Wildman–Crippen MR) is 79.9 cm³/mol. The number of hydrogen-bond donors (Lipinski definition) is 1. The van der Waals surface area contributed by atoms with Crippen LogP contribution in [0.25, 0.3) is 0 Å². The van der Waals surface area contributed by atoms with Gasteiger partial charge in [-0.3, -0.25) is 4.79 Å². The summed E-state index contributed by atoms with van der Waals surface area (Å²) in [5, 5.41) is 0. The van der Waals surface area contributed by atoms with Crippen molar-refractivity contribution in [2.45, 2.75) is 45.6 Å². The number of rotatable bonds is 4. The average Bonchev–Trinajstić information content (AvgIpc) is 2.86. The van der Waals surface area contributed by atoms with Gasteiger partial charge in [-0.25, -0.2) is 0 Å². The van der Waals surface area contributed by atoms with Gasteiger partial charge in [0.25, 0.3) is 5.91 Å². The highest BCUT2D eigenvalue weighted by atomic mass is 16.5. The van der Waals surface area contributed by atoms with E-state index >= 15 is 0 Å². The highest BCUT2D eigenvalue weighted by Gasteiger charge is 2.32. The molecule has 0 radical (unpaired) electrons. The lowest BCUT2D eigenvalue weighted by atomic mass is 9.93. The van der Waals surface area contributed by atoms with Gasteiger partial charge in [0.2, 0.25) is 0 Å². The lowest BCUT2D eigenvalue weighted by molar-refractivity contribution is -0.0380. The molecule has 2 heterocycles. The van der Waals surface area contributed by atoms with E-state index in [1.165, 1.54) is 5.56 Å². The fourth-order valence-electron chi connectivity index (χ4n) is 2.71. The van der Waals surface area contributed by atoms with Crippen molar-refractivity contribution < 1.29 is 9.53 Å². The lowest BCUT2D eigenvalue weighted by Gasteiger charge is -2.38. The van der Waals surface area contributed by atoms with E-state index in [9.17, 15) is 4.79 Å². The summed E-state index contributed by atoms with van der Waals surface area (Å²) >= 11 is 0. The molecular formula is C16H26N2O2. The summed E-state index contributed by atoms with van der Waals surface area (Å²) in [5.41, 5.74) is 1.85. The molecule has 112 valence electrons. The normalized spacial score (nSPS) is 18.6. The van der Waals surface area contributed by atoms with E-state index in [4.69, 9.17) is 4.74 Å². The van der Waals surface area contributed by atoms with Crippen LogP contribution in [0.1, 0.15) is 49.7 Å². The number of nitrogens with one attached hydrogen (secondary N) is 1. The molecule has 0 aromatic carbocycles. The highest BCUT2D eigenvalue weighted by molar-refractivity contribution is 5.92. The van der Waals surface area contributed by atoms with Crippen LogP contribution in [0, 0.1) is 5.92 Å². The first-order valence-corrected chi connectivity index (χ1v) is 7.45. The van der Waals surface area contributed by atoms with E-state index in [2.05, 4.69) is 25.8 Å². The number of piperidine rings is 1. The van der Waals surface area contributed by atoms with Gasteiger partial charge < -0.3 is 14.6 Å². The van der Waals surface area contributed by atoms with Crippen LogP contribution in [0.4, 0.5) is 0 Å². The number of likely N-dealkylation sites (tertiary alicyclic amines) is 1. The van der Waals surface area contributed by atoms with Gasteiger partial charge in [0, 0.05) is 26.4 Å². The Morgan fingerprint density at radius 1 is 1.45 bits per heavy atom. The van der Waals surface area contributed by atoms with Crippen molar-refractivity contribution in [3.63, 3.8) is 0 Å². The fourth-order valence-corrected chi connectivity index (χ4v) is 2.71. The van der Waals surface area contributed by atoms with Crippen molar-refractivity contribution in [1.82, 2.24) is 9.88 Å². The third-order valence-electron chi connectivity index (χ3n) is 4.22. The Bertz CT molecular complexity index is 457. The number of H-pyrrole nitrogens is 1. The standard InChI is InChI=1S/C16H26N2O2/c1-12(2)9-13-10-14(17-11-13)15(19)18-7-5-16(3,20-4)6-8-18/h10-12,17H,5-9H2,1-4H3. The minimum Gasteiger partial charge on any atom is -0.378 e. The predicted octanol–water partition coefficient (Wildman–Crippen LogP) is 2.85. The molecule has 1 fully saturated rings. The van der Waals surface area contributed by atoms with E-state index in [1.54, 1.807) is 7.11 Å². The second-order valence-electron chi connectivity index (χ2n) is 6.47. The van der Waals surface area contributed by atoms with E-state index in [1.807, 2.05) is 17.2 Å². The maximum Gasteiger partial charge on any atom is 0.270 e. The highest BCUT2D eigenvalue weighted by Crippen LogP contribution is 2.25. The molecule has 1 saturated heterocycles. The maximum atomic E-state index is 12.5. The molecule has 1 aliphatic heterocycles. The van der Waals surface area contributed by atoms with E-state index in [-0.39, 0.29) is 11.5 Å². The number of ether oxygens (including phenoxy) is 1. The van der Waals surface area contributed by atoms with Crippen molar-refractivity contribution in [3.05, 3.63) is 23.5 Å². The number of amides is 1. The molecule has 4 heteroatoms. The summed E-state index contributed by atoms with van der Waals surface area (Å²) in [6.07, 6.45) is 4.76. The molecule has 0 spiro atoms. The first kappa shape index (κ1) is 15.1. The Morgan fingerprint density at radius 2 is 2.10 bits per heavy atom. The lowest BCUT2D eigenvalue weighted by Crippen LogP contribution is -2.46. The second-order valence-corrected chi connectivity index (χ2v) is 6.47. The second kappa shape index (κ2) is 6.00. The molecule has 4 nitrogen and oxygen atoms in total. The third-order valence-corrected chi connectivity index (χ3v) is 4.22. The molecule has 0 unspecified atom stereocenters. The molecule has 0 saturated carbocycles. The molecule has 1 amide bonds. The smallest absolute Gasteiger partial charge is 0.270 e. The van der Waals surface area contributed by atoms with Crippen molar-refractivity contribution in [3.8, 4) is 0 Å². The van der Waals surface area contributed by atoms with Crippen LogP contribution < -0.4 is 0 Å². The zero-order valence-corrected chi connectivity index (χ0v) is 13.0. The van der Waals surface area contributed by atoms with E-state index < -0.39 is 0 Å². The zero-order chi connectivity index (χ0) is 14.8. The summed E-state index contributed by atoms with van der Waals surface area (Å²) < 4.78 is 5.51. The van der Waals surface area contributed by atoms with Gasteiger partial charge >= 0.3 is 0 Å². The largest absolute Gasteiger partial charge is 0.378 e. The molecule has 0 aliphatic carbocycles. The van der Waals surface area contributed by atoms with Crippen LogP contribution >= 0.6 is 0 Å². The number of hydrogen-bond acceptors (Lipinski definition) is 2. The van der Waals surface area contributed by atoms with Gasteiger partial charge in [-0.2, -0.15) is 0 Å². The molecule has 1 aliphatic rings. The van der Waals surface area contributed by atoms with Gasteiger partial charge in [0.15, 0.2) is 0 Å². The number of methoxy groups -OCH3 is 1. The number of aromatic amines is 1. The molecule has 2 rings (SSSR count). The number of aromatic nitrogens is 1. The van der Waals surface area contributed by atoms with Crippen molar-refractivity contribution in [1.29, 1.82) is 0 Å². The molecule has 0 bridgehead atoms. The Balaban J connectivity index is 1.97. The molecule has 1 aromatic heterocycles. The number of nitrogens with zero attached hydrogens (tertiary/aromatic N) is 1. The minimum atomic E-state index is -0.0741. The number of carbonyl (C=O) groups excluding carboxylic acids is 1. The first-order chi connectivity index (χ1) is 9.43.